The second-order valence-corrected chi connectivity index (χ2v) is 9.97. The predicted molar refractivity (Wildman–Crippen MR) is 136 cm³/mol. The van der Waals surface area contributed by atoms with Gasteiger partial charge in [-0.15, -0.1) is 0 Å². The summed E-state index contributed by atoms with van der Waals surface area (Å²) in [6, 6.07) is 18.4. The number of amides is 2. The summed E-state index contributed by atoms with van der Waals surface area (Å²) < 4.78 is 0.441. The van der Waals surface area contributed by atoms with E-state index in [1.165, 1.54) is 27.9 Å². The number of carbonyl (C=O) groups is 2. The Hall–Kier alpha value is -2.64. The number of anilines is 1. The van der Waals surface area contributed by atoms with Gasteiger partial charge >= 0.3 is 0 Å². The highest BCUT2D eigenvalue weighted by Crippen LogP contribution is 2.32. The van der Waals surface area contributed by atoms with Crippen molar-refractivity contribution in [2.45, 2.75) is 19.8 Å². The molecule has 2 aromatic rings. The largest absolute Gasteiger partial charge is 0.368 e. The normalized spacial score (nSPS) is 18.2. The molecule has 0 N–H and O–H groups in total. The number of rotatable bonds is 5. The molecule has 0 bridgehead atoms. The van der Waals surface area contributed by atoms with Crippen molar-refractivity contribution in [3.05, 3.63) is 70.6 Å². The molecule has 2 aliphatic heterocycles. The summed E-state index contributed by atoms with van der Waals surface area (Å²) in [5.74, 6) is 0.212. The molecule has 0 radical (unpaired) electrons. The van der Waals surface area contributed by atoms with Crippen molar-refractivity contribution in [2.75, 3.05) is 37.6 Å². The number of piperazine rings is 1. The van der Waals surface area contributed by atoms with Crippen LogP contribution in [-0.2, 0) is 9.59 Å². The second kappa shape index (κ2) is 9.88. The molecule has 32 heavy (non-hydrogen) atoms. The molecule has 0 unspecified atom stereocenters. The van der Waals surface area contributed by atoms with E-state index in [0.717, 1.165) is 18.7 Å². The Morgan fingerprint density at radius 1 is 1.03 bits per heavy atom. The number of nitrogens with zero attached hydrogens (tertiary/aromatic N) is 3. The second-order valence-electron chi connectivity index (χ2n) is 8.29. The molecule has 2 saturated heterocycles. The van der Waals surface area contributed by atoms with Crippen LogP contribution < -0.4 is 4.90 Å². The number of benzene rings is 2. The van der Waals surface area contributed by atoms with E-state index < -0.39 is 0 Å². The Morgan fingerprint density at radius 2 is 1.69 bits per heavy atom. The molecule has 0 spiro atoms. The zero-order valence-electron chi connectivity index (χ0n) is 18.4. The van der Waals surface area contributed by atoms with Crippen molar-refractivity contribution in [3.63, 3.8) is 0 Å². The van der Waals surface area contributed by atoms with Gasteiger partial charge in [-0.25, -0.2) is 0 Å². The Morgan fingerprint density at radius 3 is 2.31 bits per heavy atom. The van der Waals surface area contributed by atoms with Gasteiger partial charge in [0.1, 0.15) is 10.9 Å². The summed E-state index contributed by atoms with van der Waals surface area (Å²) in [7, 11) is 0. The molecule has 0 aromatic heterocycles. The molecule has 2 aliphatic rings. The summed E-state index contributed by atoms with van der Waals surface area (Å²) in [5.41, 5.74) is 3.38. The summed E-state index contributed by atoms with van der Waals surface area (Å²) in [6.07, 6.45) is 1.85. The molecule has 7 heteroatoms. The van der Waals surface area contributed by atoms with Crippen LogP contribution >= 0.6 is 24.0 Å². The Kier molecular flexibility index (Phi) is 6.96. The van der Waals surface area contributed by atoms with Gasteiger partial charge < -0.3 is 9.80 Å². The van der Waals surface area contributed by atoms with Gasteiger partial charge in [-0.1, -0.05) is 80.3 Å². The highest BCUT2D eigenvalue weighted by molar-refractivity contribution is 8.26. The van der Waals surface area contributed by atoms with Crippen LogP contribution in [-0.4, -0.2) is 58.7 Å². The Bertz CT molecular complexity index is 1030. The average Bonchev–Trinajstić information content (AvgIpc) is 3.07. The smallest absolute Gasteiger partial charge is 0.266 e. The van der Waals surface area contributed by atoms with Gasteiger partial charge in [-0.3, -0.25) is 14.5 Å². The van der Waals surface area contributed by atoms with Crippen LogP contribution in [0.25, 0.3) is 6.08 Å². The van der Waals surface area contributed by atoms with Crippen LogP contribution in [0.15, 0.2) is 59.5 Å². The first-order valence-corrected chi connectivity index (χ1v) is 12.1. The Labute approximate surface area is 199 Å². The maximum absolute atomic E-state index is 12.9. The molecule has 2 heterocycles. The maximum atomic E-state index is 12.9. The minimum atomic E-state index is -0.191. The molecule has 2 fully saturated rings. The average molecular weight is 466 g/mol. The predicted octanol–water partition coefficient (Wildman–Crippen LogP) is 4.36. The van der Waals surface area contributed by atoms with Crippen LogP contribution in [0.4, 0.5) is 5.69 Å². The highest BCUT2D eigenvalue weighted by Gasteiger charge is 2.35. The number of carbonyl (C=O) groups excluding carboxylic acids is 2. The van der Waals surface area contributed by atoms with Crippen molar-refractivity contribution < 1.29 is 9.59 Å². The summed E-state index contributed by atoms with van der Waals surface area (Å²) in [5, 5.41) is 0. The number of hydrogen-bond acceptors (Lipinski definition) is 5. The van der Waals surface area contributed by atoms with Crippen molar-refractivity contribution >= 4 is 51.9 Å². The molecule has 166 valence electrons. The van der Waals surface area contributed by atoms with Crippen LogP contribution in [0.1, 0.15) is 30.9 Å². The van der Waals surface area contributed by atoms with Crippen LogP contribution in [0.2, 0.25) is 0 Å². The fourth-order valence-electron chi connectivity index (χ4n) is 3.85. The van der Waals surface area contributed by atoms with Crippen molar-refractivity contribution in [1.82, 2.24) is 9.80 Å². The van der Waals surface area contributed by atoms with Gasteiger partial charge in [0.25, 0.3) is 5.91 Å². The third kappa shape index (κ3) is 5.05. The van der Waals surface area contributed by atoms with Crippen molar-refractivity contribution in [1.29, 1.82) is 0 Å². The monoisotopic (exact) mass is 465 g/mol. The SMILES string of the molecule is CC(C)c1ccc(/C=C2/SC(=S)N(CC(=O)N3CCN(c4ccccc4)CC3)C2=O)cc1. The molecule has 0 saturated carbocycles. The summed E-state index contributed by atoms with van der Waals surface area (Å²) in [4.78, 5) is 31.9. The number of thiocarbonyl (C=S) groups is 1. The molecule has 4 rings (SSSR count). The molecule has 2 amide bonds. The first-order valence-electron chi connectivity index (χ1n) is 10.9. The first kappa shape index (κ1) is 22.6. The third-order valence-corrected chi connectivity index (χ3v) is 7.20. The number of hydrogen-bond donors (Lipinski definition) is 0. The quantitative estimate of drug-likeness (QED) is 0.485. The standard InChI is InChI=1S/C25H27N3O2S2/c1-18(2)20-10-8-19(9-11-20)16-22-24(30)28(25(31)32-22)17-23(29)27-14-12-26(13-15-27)21-6-4-3-5-7-21/h3-11,16,18H,12-15,17H2,1-2H3/b22-16+. The van der Waals surface area contributed by atoms with E-state index in [2.05, 4.69) is 43.0 Å². The first-order chi connectivity index (χ1) is 15.4. The van der Waals surface area contributed by atoms with E-state index in [9.17, 15) is 9.59 Å². The maximum Gasteiger partial charge on any atom is 0.266 e. The fraction of sp³-hybridized carbons (Fsp3) is 0.320. The minimum Gasteiger partial charge on any atom is -0.368 e. The van der Waals surface area contributed by atoms with Crippen molar-refractivity contribution in [2.24, 2.45) is 0 Å². The van der Waals surface area contributed by atoms with E-state index in [1.807, 2.05) is 41.3 Å². The van der Waals surface area contributed by atoms with Gasteiger partial charge in [-0.2, -0.15) is 0 Å². The lowest BCUT2D eigenvalue weighted by Crippen LogP contribution is -2.51. The lowest BCUT2D eigenvalue weighted by molar-refractivity contribution is -0.135. The molecule has 0 aliphatic carbocycles. The van der Waals surface area contributed by atoms with Crippen LogP contribution in [0.3, 0.4) is 0 Å². The van der Waals surface area contributed by atoms with E-state index in [1.54, 1.807) is 0 Å². The number of para-hydroxylation sites is 1. The van der Waals surface area contributed by atoms with Gasteiger partial charge in [-0.05, 0) is 35.3 Å². The summed E-state index contributed by atoms with van der Waals surface area (Å²) >= 11 is 6.68. The lowest BCUT2D eigenvalue weighted by atomic mass is 10.0. The molecule has 5 nitrogen and oxygen atoms in total. The molecule has 2 aromatic carbocycles. The lowest BCUT2D eigenvalue weighted by Gasteiger charge is -2.36. The van der Waals surface area contributed by atoms with Crippen LogP contribution in [0.5, 0.6) is 0 Å². The fourth-order valence-corrected chi connectivity index (χ4v) is 5.11. The molecule has 0 atom stereocenters. The summed E-state index contributed by atoms with van der Waals surface area (Å²) in [6.45, 7) is 7.14. The van der Waals surface area contributed by atoms with Gasteiger partial charge in [0, 0.05) is 31.9 Å². The van der Waals surface area contributed by atoms with E-state index in [4.69, 9.17) is 12.2 Å². The van der Waals surface area contributed by atoms with Crippen molar-refractivity contribution in [3.8, 4) is 0 Å². The number of thioether (sulfide) groups is 1. The zero-order valence-corrected chi connectivity index (χ0v) is 20.0. The van der Waals surface area contributed by atoms with Gasteiger partial charge in [0.05, 0.1) is 4.91 Å². The third-order valence-electron chi connectivity index (χ3n) is 5.82. The van der Waals surface area contributed by atoms with Crippen LogP contribution in [0, 0.1) is 0 Å². The highest BCUT2D eigenvalue weighted by atomic mass is 32.2. The van der Waals surface area contributed by atoms with E-state index in [0.29, 0.717) is 28.2 Å². The van der Waals surface area contributed by atoms with E-state index in [-0.39, 0.29) is 18.4 Å². The van der Waals surface area contributed by atoms with Gasteiger partial charge in [0.2, 0.25) is 5.91 Å². The van der Waals surface area contributed by atoms with E-state index >= 15 is 0 Å². The van der Waals surface area contributed by atoms with Gasteiger partial charge in [0.15, 0.2) is 0 Å². The Balaban J connectivity index is 1.35. The molecular weight excluding hydrogens is 438 g/mol. The topological polar surface area (TPSA) is 43.9 Å². The molecular formula is C25H27N3O2S2. The minimum absolute atomic E-state index is 0.000366. The zero-order chi connectivity index (χ0) is 22.7.